The lowest BCUT2D eigenvalue weighted by atomic mass is 10.0. The predicted molar refractivity (Wildman–Crippen MR) is 252 cm³/mol. The molecule has 2 saturated heterocycles. The first-order valence-electron chi connectivity index (χ1n) is 22.5. The van der Waals surface area contributed by atoms with Crippen LogP contribution in [-0.2, 0) is 39.7 Å². The van der Waals surface area contributed by atoms with Crippen molar-refractivity contribution >= 4 is 67.1 Å². The molecule has 2 aliphatic rings. The van der Waals surface area contributed by atoms with Crippen LogP contribution in [0.5, 0.6) is 5.75 Å². The van der Waals surface area contributed by atoms with Crippen LogP contribution < -0.4 is 26.6 Å². The maximum atomic E-state index is 13.8. The number of unbranched alkanes of at least 4 members (excludes halogenated alkanes) is 4. The fourth-order valence-corrected chi connectivity index (χ4v) is 10.6. The number of likely N-dealkylation sites (tertiary alicyclic amines) is 1. The molecule has 6 aromatic rings. The third-order valence-corrected chi connectivity index (χ3v) is 14.7. The molecule has 0 saturated carbocycles. The smallest absolute Gasteiger partial charge is 0.329 e. The molecule has 8 rings (SSSR count). The number of imidazole rings is 1. The molecular formula is C46H56ClN11O7S. The van der Waals surface area contributed by atoms with Crippen LogP contribution in [-0.4, -0.2) is 95.7 Å². The van der Waals surface area contributed by atoms with Gasteiger partial charge in [-0.15, -0.1) is 0 Å². The summed E-state index contributed by atoms with van der Waals surface area (Å²) in [6, 6.07) is 13.4. The van der Waals surface area contributed by atoms with Gasteiger partial charge in [-0.2, -0.15) is 14.4 Å². The zero-order valence-corrected chi connectivity index (χ0v) is 39.2. The highest BCUT2D eigenvalue weighted by Gasteiger charge is 2.38. The molecule has 6 heterocycles. The molecule has 1 unspecified atom stereocenters. The quantitative estimate of drug-likeness (QED) is 0.0742. The number of fused-ring (bicyclic) bond motifs is 2. The number of rotatable bonds is 18. The van der Waals surface area contributed by atoms with Crippen molar-refractivity contribution in [2.45, 2.75) is 108 Å². The van der Waals surface area contributed by atoms with E-state index in [9.17, 15) is 27.6 Å². The predicted octanol–water partition coefficient (Wildman–Crippen LogP) is 6.10. The van der Waals surface area contributed by atoms with Gasteiger partial charge in [-0.3, -0.25) is 37.7 Å². The number of nitrogens with one attached hydrogen (secondary N) is 2. The number of pyridine rings is 1. The number of benzene rings is 2. The summed E-state index contributed by atoms with van der Waals surface area (Å²) in [5.41, 5.74) is 2.80. The van der Waals surface area contributed by atoms with Crippen molar-refractivity contribution in [1.29, 1.82) is 0 Å². The first-order chi connectivity index (χ1) is 31.7. The molecule has 2 aliphatic heterocycles. The number of hydrogen-bond acceptors (Lipinski definition) is 12. The lowest BCUT2D eigenvalue weighted by molar-refractivity contribution is -0.151. The molecule has 2 amide bonds. The number of imide groups is 1. The highest BCUT2D eigenvalue weighted by molar-refractivity contribution is 7.89. The number of amides is 2. The summed E-state index contributed by atoms with van der Waals surface area (Å²) in [6.45, 7) is 5.85. The molecule has 2 fully saturated rings. The van der Waals surface area contributed by atoms with E-state index in [2.05, 4.69) is 25.7 Å². The molecule has 66 heavy (non-hydrogen) atoms. The molecule has 2 aromatic carbocycles. The van der Waals surface area contributed by atoms with Crippen LogP contribution >= 0.6 is 11.6 Å². The van der Waals surface area contributed by atoms with Crippen molar-refractivity contribution in [2.24, 2.45) is 7.05 Å². The number of halogens is 1. The van der Waals surface area contributed by atoms with Gasteiger partial charge in [0.05, 0.1) is 36.6 Å². The van der Waals surface area contributed by atoms with Gasteiger partial charge in [-0.05, 0) is 81.8 Å². The van der Waals surface area contributed by atoms with E-state index < -0.39 is 22.0 Å². The molecule has 4 aromatic heterocycles. The molecule has 0 radical (unpaired) electrons. The summed E-state index contributed by atoms with van der Waals surface area (Å²) in [7, 11) is -0.441. The summed E-state index contributed by atoms with van der Waals surface area (Å²) >= 11 is 6.16. The number of aryl methyl sites for hydroxylation is 2. The third kappa shape index (κ3) is 9.60. The van der Waals surface area contributed by atoms with E-state index in [4.69, 9.17) is 16.3 Å². The van der Waals surface area contributed by atoms with E-state index in [0.717, 1.165) is 43.4 Å². The number of ether oxygens (including phenoxy) is 1. The Bertz CT molecular complexity index is 2970. The standard InChI is InChI=1S/C46H56ClN11O7S/c1-30(2)57-42-32(25-36(47)43(57)60)26-49-45(52-42)51-33-19-23-55(24-20-33)66(63,64)35-27-50-54(29-35)22-9-7-5-6-8-21-48-37-11-10-12-38-41(37)53(3)46(62)58(38)39-17-18-40(59)56(44(39)61)28-31-13-15-34(65-4)16-14-31/h10-16,25-27,29-30,33,39,48H,5-9,17-24,28H2,1-4H3,(H,49,51,52). The van der Waals surface area contributed by atoms with Gasteiger partial charge < -0.3 is 15.4 Å². The number of methoxy groups -OCH3 is 1. The van der Waals surface area contributed by atoms with Crippen molar-refractivity contribution in [2.75, 3.05) is 37.4 Å². The highest BCUT2D eigenvalue weighted by Crippen LogP contribution is 2.31. The number of anilines is 2. The number of sulfonamides is 1. The van der Waals surface area contributed by atoms with E-state index in [-0.39, 0.29) is 58.5 Å². The average molecular weight is 943 g/mol. The number of para-hydroxylation sites is 1. The summed E-state index contributed by atoms with van der Waals surface area (Å²) in [5.74, 6) is 0.404. The Balaban J connectivity index is 0.778. The van der Waals surface area contributed by atoms with E-state index >= 15 is 0 Å². The van der Waals surface area contributed by atoms with E-state index in [0.29, 0.717) is 72.8 Å². The monoisotopic (exact) mass is 941 g/mol. The van der Waals surface area contributed by atoms with Crippen molar-refractivity contribution < 1.29 is 22.7 Å². The Morgan fingerprint density at radius 2 is 1.68 bits per heavy atom. The van der Waals surface area contributed by atoms with Crippen molar-refractivity contribution in [3.8, 4) is 5.75 Å². The summed E-state index contributed by atoms with van der Waals surface area (Å²) in [6.07, 6.45) is 10.9. The van der Waals surface area contributed by atoms with Gasteiger partial charge in [0, 0.05) is 69.5 Å². The Morgan fingerprint density at radius 3 is 2.42 bits per heavy atom. The van der Waals surface area contributed by atoms with E-state index in [1.54, 1.807) is 58.6 Å². The minimum absolute atomic E-state index is 0.0461. The molecule has 2 N–H and O–H groups in total. The van der Waals surface area contributed by atoms with Crippen LogP contribution in [0.3, 0.4) is 0 Å². The van der Waals surface area contributed by atoms with Crippen molar-refractivity contribution in [1.82, 2.24) is 42.7 Å². The molecule has 20 heteroatoms. The number of piperidine rings is 2. The molecule has 0 aliphatic carbocycles. The van der Waals surface area contributed by atoms with Gasteiger partial charge in [-0.25, -0.2) is 18.2 Å². The minimum Gasteiger partial charge on any atom is -0.497 e. The second-order valence-electron chi connectivity index (χ2n) is 17.3. The normalized spacial score (nSPS) is 16.5. The number of hydrogen-bond donors (Lipinski definition) is 2. The zero-order valence-electron chi connectivity index (χ0n) is 37.7. The maximum absolute atomic E-state index is 13.8. The summed E-state index contributed by atoms with van der Waals surface area (Å²) < 4.78 is 40.2. The number of aromatic nitrogens is 7. The molecule has 0 bridgehead atoms. The second-order valence-corrected chi connectivity index (χ2v) is 19.6. The topological polar surface area (TPSA) is 201 Å². The van der Waals surface area contributed by atoms with Gasteiger partial charge in [0.1, 0.15) is 27.4 Å². The van der Waals surface area contributed by atoms with Gasteiger partial charge >= 0.3 is 5.69 Å². The summed E-state index contributed by atoms with van der Waals surface area (Å²) in [5, 5.41) is 12.0. The van der Waals surface area contributed by atoms with Crippen LogP contribution in [0, 0.1) is 0 Å². The van der Waals surface area contributed by atoms with Gasteiger partial charge in [0.2, 0.25) is 21.9 Å². The highest BCUT2D eigenvalue weighted by atomic mass is 35.5. The molecule has 350 valence electrons. The van der Waals surface area contributed by atoms with Gasteiger partial charge in [-0.1, -0.05) is 49.1 Å². The zero-order chi connectivity index (χ0) is 46.7. The molecule has 0 spiro atoms. The van der Waals surface area contributed by atoms with Crippen LogP contribution in [0.4, 0.5) is 11.6 Å². The second kappa shape index (κ2) is 19.8. The maximum Gasteiger partial charge on any atom is 0.329 e. The number of nitrogens with zero attached hydrogens (tertiary/aromatic N) is 9. The molecular weight excluding hydrogens is 886 g/mol. The van der Waals surface area contributed by atoms with Crippen LogP contribution in [0.1, 0.15) is 89.3 Å². The lowest BCUT2D eigenvalue weighted by Crippen LogP contribution is -2.47. The Labute approximate surface area is 387 Å². The van der Waals surface area contributed by atoms with E-state index in [1.807, 2.05) is 44.2 Å². The first kappa shape index (κ1) is 46.5. The molecule has 18 nitrogen and oxygen atoms in total. The van der Waals surface area contributed by atoms with Gasteiger partial charge in [0.25, 0.3) is 11.5 Å². The lowest BCUT2D eigenvalue weighted by Gasteiger charge is -2.31. The third-order valence-electron chi connectivity index (χ3n) is 12.6. The first-order valence-corrected chi connectivity index (χ1v) is 24.3. The fraction of sp³-hybridized carbons (Fsp3) is 0.457. The Kier molecular flexibility index (Phi) is 14.0. The van der Waals surface area contributed by atoms with Crippen LogP contribution in [0.15, 0.2) is 81.6 Å². The molecule has 1 atom stereocenters. The van der Waals surface area contributed by atoms with Crippen molar-refractivity contribution in [3.05, 3.63) is 98.5 Å². The van der Waals surface area contributed by atoms with Crippen molar-refractivity contribution in [3.63, 3.8) is 0 Å². The Morgan fingerprint density at radius 1 is 0.939 bits per heavy atom. The average Bonchev–Trinajstić information content (AvgIpc) is 3.89. The van der Waals surface area contributed by atoms with Crippen LogP contribution in [0.25, 0.3) is 22.1 Å². The Hall–Kier alpha value is -6.05. The SMILES string of the molecule is COc1ccc(CN2C(=O)CCC(n3c(=O)n(C)c4c(NCCCCCCCn5cc(S(=O)(=O)N6CCC(Nc7ncc8cc(Cl)c(=O)n(C(C)C)c8n7)CC6)cn5)cccc43)C2=O)cc1. The number of carbonyl (C=O) groups is 2. The minimum atomic E-state index is -3.72. The largest absolute Gasteiger partial charge is 0.497 e. The van der Waals surface area contributed by atoms with Gasteiger partial charge in [0.15, 0.2) is 0 Å². The van der Waals surface area contributed by atoms with Crippen LogP contribution in [0.2, 0.25) is 5.02 Å². The van der Waals surface area contributed by atoms with E-state index in [1.165, 1.54) is 20.0 Å². The number of carbonyl (C=O) groups excluding carboxylic acids is 2. The fourth-order valence-electron chi connectivity index (χ4n) is 8.98. The summed E-state index contributed by atoms with van der Waals surface area (Å²) in [4.78, 5) is 63.6.